The van der Waals surface area contributed by atoms with Crippen LogP contribution in [0.25, 0.3) is 0 Å². The highest BCUT2D eigenvalue weighted by atomic mass is 79.9. The van der Waals surface area contributed by atoms with E-state index in [1.165, 1.54) is 0 Å². The molecular weight excluding hydrogens is 328 g/mol. The summed E-state index contributed by atoms with van der Waals surface area (Å²) in [7, 11) is 0. The van der Waals surface area contributed by atoms with Gasteiger partial charge in [0.25, 0.3) is 0 Å². The maximum absolute atomic E-state index is 12.2. The van der Waals surface area contributed by atoms with Crippen LogP contribution < -0.4 is 5.73 Å². The van der Waals surface area contributed by atoms with E-state index in [0.717, 1.165) is 10.0 Å². The summed E-state index contributed by atoms with van der Waals surface area (Å²) in [6.07, 6.45) is 0.376. The van der Waals surface area contributed by atoms with Crippen LogP contribution in [0, 0.1) is 0 Å². The number of benzene rings is 1. The lowest BCUT2D eigenvalue weighted by Gasteiger charge is -2.38. The summed E-state index contributed by atoms with van der Waals surface area (Å²) in [5.74, 6) is 0.0943. The molecule has 2 unspecified atom stereocenters. The van der Waals surface area contributed by atoms with Crippen molar-refractivity contribution in [3.05, 3.63) is 33.3 Å². The van der Waals surface area contributed by atoms with E-state index in [9.17, 15) is 4.79 Å². The first kappa shape index (κ1) is 14.8. The third-order valence-electron chi connectivity index (χ3n) is 3.36. The Kier molecular flexibility index (Phi) is 3.96. The van der Waals surface area contributed by atoms with Gasteiger partial charge in [0.1, 0.15) is 0 Å². The van der Waals surface area contributed by atoms with Gasteiger partial charge >= 0.3 is 0 Å². The van der Waals surface area contributed by atoms with E-state index in [-0.39, 0.29) is 23.5 Å². The number of likely N-dealkylation sites (tertiary alicyclic amines) is 1. The quantitative estimate of drug-likeness (QED) is 0.846. The van der Waals surface area contributed by atoms with Crippen molar-refractivity contribution in [1.82, 2.24) is 4.90 Å². The average molecular weight is 346 g/mol. The standard InChI is InChI=1S/C14H18BrClN2O/c1-14(2,3)18-12(19)7-11(17)13(18)9-6-8(16)4-5-10(9)15/h4-6,11,13H,7,17H2,1-3H3. The lowest BCUT2D eigenvalue weighted by Crippen LogP contribution is -2.45. The Morgan fingerprint density at radius 3 is 2.63 bits per heavy atom. The van der Waals surface area contributed by atoms with Crippen molar-refractivity contribution in [2.75, 3.05) is 0 Å². The number of carbonyl (C=O) groups excluding carboxylic acids is 1. The van der Waals surface area contributed by atoms with Crippen LogP contribution in [0.1, 0.15) is 38.8 Å². The van der Waals surface area contributed by atoms with Gasteiger partial charge < -0.3 is 10.6 Å². The Hall–Kier alpha value is -0.580. The van der Waals surface area contributed by atoms with Crippen LogP contribution in [0.5, 0.6) is 0 Å². The number of hydrogen-bond donors (Lipinski definition) is 1. The van der Waals surface area contributed by atoms with Gasteiger partial charge in [-0.05, 0) is 44.5 Å². The van der Waals surface area contributed by atoms with E-state index < -0.39 is 0 Å². The van der Waals surface area contributed by atoms with Gasteiger partial charge in [-0.1, -0.05) is 27.5 Å². The summed E-state index contributed by atoms with van der Waals surface area (Å²) in [5, 5.41) is 0.651. The smallest absolute Gasteiger partial charge is 0.225 e. The summed E-state index contributed by atoms with van der Waals surface area (Å²) in [4.78, 5) is 14.1. The first-order chi connectivity index (χ1) is 8.71. The maximum Gasteiger partial charge on any atom is 0.225 e. The molecule has 1 aliphatic rings. The predicted molar refractivity (Wildman–Crippen MR) is 81.1 cm³/mol. The molecule has 1 heterocycles. The molecule has 1 aliphatic heterocycles. The van der Waals surface area contributed by atoms with Crippen molar-refractivity contribution >= 4 is 33.4 Å². The van der Waals surface area contributed by atoms with Gasteiger partial charge in [0.15, 0.2) is 0 Å². The fourth-order valence-corrected chi connectivity index (χ4v) is 3.32. The van der Waals surface area contributed by atoms with Gasteiger partial charge in [-0.15, -0.1) is 0 Å². The number of halogens is 2. The molecule has 2 atom stereocenters. The monoisotopic (exact) mass is 344 g/mol. The van der Waals surface area contributed by atoms with Crippen molar-refractivity contribution in [2.45, 2.75) is 44.8 Å². The lowest BCUT2D eigenvalue weighted by atomic mass is 9.97. The molecule has 3 nitrogen and oxygen atoms in total. The van der Waals surface area contributed by atoms with E-state index in [1.54, 1.807) is 0 Å². The molecule has 2 rings (SSSR count). The van der Waals surface area contributed by atoms with Crippen LogP contribution in [0.3, 0.4) is 0 Å². The van der Waals surface area contributed by atoms with Crippen molar-refractivity contribution < 1.29 is 4.79 Å². The molecule has 1 saturated heterocycles. The Bertz CT molecular complexity index is 513. The first-order valence-corrected chi connectivity index (χ1v) is 7.41. The first-order valence-electron chi connectivity index (χ1n) is 6.24. The molecule has 0 bridgehead atoms. The number of amides is 1. The number of nitrogens with zero attached hydrogens (tertiary/aromatic N) is 1. The van der Waals surface area contributed by atoms with E-state index >= 15 is 0 Å². The maximum atomic E-state index is 12.2. The highest BCUT2D eigenvalue weighted by Crippen LogP contribution is 2.40. The number of rotatable bonds is 1. The highest BCUT2D eigenvalue weighted by Gasteiger charge is 2.44. The molecule has 1 amide bonds. The average Bonchev–Trinajstić information content (AvgIpc) is 2.56. The molecule has 0 radical (unpaired) electrons. The predicted octanol–water partition coefficient (Wildman–Crippen LogP) is 3.50. The Morgan fingerprint density at radius 2 is 2.05 bits per heavy atom. The zero-order valence-electron chi connectivity index (χ0n) is 11.3. The third-order valence-corrected chi connectivity index (χ3v) is 4.32. The number of hydrogen-bond acceptors (Lipinski definition) is 2. The second kappa shape index (κ2) is 5.08. The highest BCUT2D eigenvalue weighted by molar-refractivity contribution is 9.10. The van der Waals surface area contributed by atoms with Crippen LogP contribution in [0.15, 0.2) is 22.7 Å². The van der Waals surface area contributed by atoms with Gasteiger partial charge in [-0.25, -0.2) is 0 Å². The summed E-state index contributed by atoms with van der Waals surface area (Å²) in [5.41, 5.74) is 6.89. The zero-order chi connectivity index (χ0) is 14.4. The van der Waals surface area contributed by atoms with Crippen LogP contribution in [-0.4, -0.2) is 22.4 Å². The van der Waals surface area contributed by atoms with Crippen molar-refractivity contribution in [2.24, 2.45) is 5.73 Å². The molecule has 1 fully saturated rings. The van der Waals surface area contributed by atoms with E-state index in [4.69, 9.17) is 17.3 Å². The van der Waals surface area contributed by atoms with E-state index in [1.807, 2.05) is 43.9 Å². The minimum absolute atomic E-state index is 0.0943. The molecule has 104 valence electrons. The Labute approximate surface area is 127 Å². The summed E-state index contributed by atoms with van der Waals surface area (Å²) < 4.78 is 0.932. The van der Waals surface area contributed by atoms with Crippen LogP contribution in [0.4, 0.5) is 0 Å². The number of carbonyl (C=O) groups is 1. The topological polar surface area (TPSA) is 46.3 Å². The van der Waals surface area contributed by atoms with Crippen LogP contribution >= 0.6 is 27.5 Å². The Morgan fingerprint density at radius 1 is 1.42 bits per heavy atom. The van der Waals surface area contributed by atoms with Gasteiger partial charge in [0.05, 0.1) is 6.04 Å². The minimum Gasteiger partial charge on any atom is -0.329 e. The number of nitrogens with two attached hydrogens (primary N) is 1. The summed E-state index contributed by atoms with van der Waals surface area (Å²) in [6.45, 7) is 6.07. The molecule has 0 aliphatic carbocycles. The molecule has 0 saturated carbocycles. The van der Waals surface area contributed by atoms with Crippen molar-refractivity contribution in [3.63, 3.8) is 0 Å². The summed E-state index contributed by atoms with van der Waals surface area (Å²) >= 11 is 9.61. The molecule has 0 aromatic heterocycles. The third kappa shape index (κ3) is 2.81. The minimum atomic E-state index is -0.266. The SMILES string of the molecule is CC(C)(C)N1C(=O)CC(N)C1c1cc(Cl)ccc1Br. The van der Waals surface area contributed by atoms with E-state index in [0.29, 0.717) is 11.4 Å². The molecule has 19 heavy (non-hydrogen) atoms. The van der Waals surface area contributed by atoms with Gasteiger partial charge in [0.2, 0.25) is 5.91 Å². The van der Waals surface area contributed by atoms with Crippen LogP contribution in [0.2, 0.25) is 5.02 Å². The normalized spacial score (nSPS) is 24.1. The second-order valence-corrected chi connectivity index (χ2v) is 7.20. The largest absolute Gasteiger partial charge is 0.329 e. The zero-order valence-corrected chi connectivity index (χ0v) is 13.6. The molecule has 2 N–H and O–H groups in total. The summed E-state index contributed by atoms with van der Waals surface area (Å²) in [6, 6.07) is 5.25. The molecule has 1 aromatic carbocycles. The fraction of sp³-hybridized carbons (Fsp3) is 0.500. The van der Waals surface area contributed by atoms with Gasteiger partial charge in [0, 0.05) is 27.5 Å². The van der Waals surface area contributed by atoms with Gasteiger partial charge in [-0.3, -0.25) is 4.79 Å². The fourth-order valence-electron chi connectivity index (χ4n) is 2.66. The lowest BCUT2D eigenvalue weighted by molar-refractivity contribution is -0.133. The molecule has 5 heteroatoms. The van der Waals surface area contributed by atoms with Crippen molar-refractivity contribution in [3.8, 4) is 0 Å². The Balaban J connectivity index is 2.51. The molecule has 1 aromatic rings. The molecule has 0 spiro atoms. The molecular formula is C14H18BrClN2O. The van der Waals surface area contributed by atoms with E-state index in [2.05, 4.69) is 15.9 Å². The van der Waals surface area contributed by atoms with Crippen LogP contribution in [-0.2, 0) is 4.79 Å². The second-order valence-electron chi connectivity index (χ2n) is 5.91. The van der Waals surface area contributed by atoms with Gasteiger partial charge in [-0.2, -0.15) is 0 Å². The van der Waals surface area contributed by atoms with Crippen molar-refractivity contribution in [1.29, 1.82) is 0 Å².